The van der Waals surface area contributed by atoms with Crippen LogP contribution in [0.4, 0.5) is 22.0 Å². The average Bonchev–Trinajstić information content (AvgIpc) is 3.02. The highest BCUT2D eigenvalue weighted by Crippen LogP contribution is 2.35. The standard InChI is InChI=1S/C34H22F5N3O2/c35-27-14-13-26(30(36)16-27)20-42-31(17-29(34(37,38)39)28(18-40)33(42)44)25-8-4-7-24(15-25)22-9-11-23(12-10-22)32(43)41-19-21-5-2-1-3-6-21/h1-17H,19-20H2,(H,41,43). The summed E-state index contributed by atoms with van der Waals surface area (Å²) in [4.78, 5) is 25.9. The molecule has 0 fully saturated rings. The SMILES string of the molecule is N#Cc1c(C(F)(F)F)cc(-c2cccc(-c3ccc(C(=O)NCc4ccccc4)cc3)c2)n(Cc2ccc(F)cc2F)c1=O. The quantitative estimate of drug-likeness (QED) is 0.199. The number of hydrogen-bond donors (Lipinski definition) is 1. The number of hydrogen-bond acceptors (Lipinski definition) is 3. The summed E-state index contributed by atoms with van der Waals surface area (Å²) in [5.41, 5.74) is -1.49. The number of amides is 1. The van der Waals surface area contributed by atoms with Gasteiger partial charge in [0.2, 0.25) is 0 Å². The molecule has 220 valence electrons. The lowest BCUT2D eigenvalue weighted by molar-refractivity contribution is -0.137. The molecule has 0 saturated carbocycles. The van der Waals surface area contributed by atoms with Crippen molar-refractivity contribution in [3.05, 3.63) is 153 Å². The Bertz CT molecular complexity index is 1940. The van der Waals surface area contributed by atoms with Crippen molar-refractivity contribution in [3.63, 3.8) is 0 Å². The largest absolute Gasteiger partial charge is 0.417 e. The van der Waals surface area contributed by atoms with Gasteiger partial charge in [0.25, 0.3) is 11.5 Å². The third-order valence-electron chi connectivity index (χ3n) is 7.00. The second-order valence-corrected chi connectivity index (χ2v) is 9.88. The number of carbonyl (C=O) groups is 1. The average molecular weight is 600 g/mol. The molecule has 0 aliphatic rings. The monoisotopic (exact) mass is 599 g/mol. The molecular weight excluding hydrogens is 577 g/mol. The molecule has 0 aliphatic heterocycles. The summed E-state index contributed by atoms with van der Waals surface area (Å²) >= 11 is 0. The van der Waals surface area contributed by atoms with Gasteiger partial charge in [-0.1, -0.05) is 66.7 Å². The summed E-state index contributed by atoms with van der Waals surface area (Å²) < 4.78 is 70.7. The predicted octanol–water partition coefficient (Wildman–Crippen LogP) is 7.33. The minimum Gasteiger partial charge on any atom is -0.348 e. The minimum absolute atomic E-state index is 0.157. The maximum atomic E-state index is 14.5. The molecule has 10 heteroatoms. The van der Waals surface area contributed by atoms with Crippen molar-refractivity contribution >= 4 is 5.91 Å². The zero-order valence-corrected chi connectivity index (χ0v) is 22.8. The van der Waals surface area contributed by atoms with Gasteiger partial charge in [-0.05, 0) is 52.6 Å². The fraction of sp³-hybridized carbons (Fsp3) is 0.0882. The summed E-state index contributed by atoms with van der Waals surface area (Å²) in [6, 6.07) is 26.9. The molecule has 0 saturated heterocycles. The zero-order valence-electron chi connectivity index (χ0n) is 22.8. The van der Waals surface area contributed by atoms with Crippen LogP contribution in [0.25, 0.3) is 22.4 Å². The van der Waals surface area contributed by atoms with Crippen LogP contribution in [0.2, 0.25) is 0 Å². The van der Waals surface area contributed by atoms with Gasteiger partial charge in [-0.3, -0.25) is 9.59 Å². The van der Waals surface area contributed by atoms with E-state index in [2.05, 4.69) is 5.32 Å². The van der Waals surface area contributed by atoms with Crippen LogP contribution in [-0.4, -0.2) is 10.5 Å². The highest BCUT2D eigenvalue weighted by molar-refractivity contribution is 5.94. The third-order valence-corrected chi connectivity index (χ3v) is 7.00. The van der Waals surface area contributed by atoms with Crippen LogP contribution in [0.3, 0.4) is 0 Å². The molecule has 0 bridgehead atoms. The number of nitrogens with zero attached hydrogens (tertiary/aromatic N) is 2. The molecule has 5 nitrogen and oxygen atoms in total. The fourth-order valence-corrected chi connectivity index (χ4v) is 4.75. The van der Waals surface area contributed by atoms with Gasteiger partial charge in [-0.2, -0.15) is 18.4 Å². The van der Waals surface area contributed by atoms with Gasteiger partial charge in [0.05, 0.1) is 17.8 Å². The predicted molar refractivity (Wildman–Crippen MR) is 154 cm³/mol. The lowest BCUT2D eigenvalue weighted by Gasteiger charge is -2.18. The van der Waals surface area contributed by atoms with Crippen molar-refractivity contribution in [2.75, 3.05) is 0 Å². The van der Waals surface area contributed by atoms with Gasteiger partial charge >= 0.3 is 6.18 Å². The van der Waals surface area contributed by atoms with E-state index in [1.54, 1.807) is 42.5 Å². The van der Waals surface area contributed by atoms with E-state index in [4.69, 9.17) is 0 Å². The Labute approximate surface area is 248 Å². The topological polar surface area (TPSA) is 74.9 Å². The molecule has 1 amide bonds. The highest BCUT2D eigenvalue weighted by Gasteiger charge is 2.36. The number of rotatable bonds is 7. The Kier molecular flexibility index (Phi) is 8.40. The van der Waals surface area contributed by atoms with Gasteiger partial charge in [-0.25, -0.2) is 8.78 Å². The van der Waals surface area contributed by atoms with E-state index in [1.807, 2.05) is 30.3 Å². The first-order valence-electron chi connectivity index (χ1n) is 13.3. The van der Waals surface area contributed by atoms with E-state index in [0.717, 1.165) is 22.3 Å². The number of halogens is 5. The van der Waals surface area contributed by atoms with E-state index in [1.165, 1.54) is 12.1 Å². The van der Waals surface area contributed by atoms with E-state index in [-0.39, 0.29) is 22.7 Å². The second kappa shape index (κ2) is 12.4. The van der Waals surface area contributed by atoms with E-state index >= 15 is 0 Å². The lowest BCUT2D eigenvalue weighted by Crippen LogP contribution is -2.29. The van der Waals surface area contributed by atoms with Crippen molar-refractivity contribution in [1.29, 1.82) is 5.26 Å². The van der Waals surface area contributed by atoms with E-state index < -0.39 is 41.0 Å². The molecule has 0 radical (unpaired) electrons. The smallest absolute Gasteiger partial charge is 0.348 e. The van der Waals surface area contributed by atoms with Crippen molar-refractivity contribution in [2.24, 2.45) is 0 Å². The van der Waals surface area contributed by atoms with Gasteiger partial charge in [0.1, 0.15) is 23.3 Å². The molecule has 0 unspecified atom stereocenters. The number of benzene rings is 4. The van der Waals surface area contributed by atoms with Crippen molar-refractivity contribution in [3.8, 4) is 28.5 Å². The summed E-state index contributed by atoms with van der Waals surface area (Å²) in [5.74, 6) is -2.15. The molecule has 1 N–H and O–H groups in total. The highest BCUT2D eigenvalue weighted by atomic mass is 19.4. The summed E-state index contributed by atoms with van der Waals surface area (Å²) in [6.45, 7) is -0.207. The molecule has 0 spiro atoms. The number of aromatic nitrogens is 1. The molecule has 5 aromatic rings. The number of nitriles is 1. The summed E-state index contributed by atoms with van der Waals surface area (Å²) in [5, 5.41) is 12.3. The Morgan fingerprint density at radius 2 is 1.52 bits per heavy atom. The van der Waals surface area contributed by atoms with Crippen LogP contribution in [0.5, 0.6) is 0 Å². The van der Waals surface area contributed by atoms with Crippen molar-refractivity contribution in [1.82, 2.24) is 9.88 Å². The first-order valence-corrected chi connectivity index (χ1v) is 13.3. The van der Waals surface area contributed by atoms with Crippen molar-refractivity contribution in [2.45, 2.75) is 19.3 Å². The Morgan fingerprint density at radius 3 is 2.18 bits per heavy atom. The molecule has 5 rings (SSSR count). The molecular formula is C34H22F5N3O2. The number of carbonyl (C=O) groups excluding carboxylic acids is 1. The maximum absolute atomic E-state index is 14.5. The molecule has 4 aromatic carbocycles. The lowest BCUT2D eigenvalue weighted by atomic mass is 9.98. The zero-order chi connectivity index (χ0) is 31.4. The van der Waals surface area contributed by atoms with Crippen LogP contribution < -0.4 is 10.9 Å². The third kappa shape index (κ3) is 6.42. The Balaban J connectivity index is 1.52. The van der Waals surface area contributed by atoms with Crippen LogP contribution in [-0.2, 0) is 19.3 Å². The number of pyridine rings is 1. The molecule has 0 aliphatic carbocycles. The molecule has 44 heavy (non-hydrogen) atoms. The van der Waals surface area contributed by atoms with Gasteiger partial charge in [0, 0.05) is 23.7 Å². The van der Waals surface area contributed by atoms with E-state index in [0.29, 0.717) is 35.4 Å². The number of alkyl halides is 3. The second-order valence-electron chi connectivity index (χ2n) is 9.88. The fourth-order valence-electron chi connectivity index (χ4n) is 4.75. The summed E-state index contributed by atoms with van der Waals surface area (Å²) in [7, 11) is 0. The maximum Gasteiger partial charge on any atom is 0.417 e. The van der Waals surface area contributed by atoms with Crippen molar-refractivity contribution < 1.29 is 26.7 Å². The molecule has 1 heterocycles. The minimum atomic E-state index is -5.02. The van der Waals surface area contributed by atoms with Crippen LogP contribution in [0, 0.1) is 23.0 Å². The first kappa shape index (κ1) is 29.9. The van der Waals surface area contributed by atoms with Gasteiger partial charge in [0.15, 0.2) is 0 Å². The van der Waals surface area contributed by atoms with Gasteiger partial charge < -0.3 is 9.88 Å². The Hall–Kier alpha value is -5.56. The normalized spacial score (nSPS) is 11.2. The summed E-state index contributed by atoms with van der Waals surface area (Å²) in [6.07, 6.45) is -5.02. The molecule has 1 aromatic heterocycles. The van der Waals surface area contributed by atoms with Gasteiger partial charge in [-0.15, -0.1) is 0 Å². The van der Waals surface area contributed by atoms with Crippen LogP contribution in [0.1, 0.15) is 32.6 Å². The van der Waals surface area contributed by atoms with E-state index in [9.17, 15) is 36.8 Å². The van der Waals surface area contributed by atoms with Crippen LogP contribution >= 0.6 is 0 Å². The molecule has 0 atom stereocenters. The number of nitrogens with one attached hydrogen (secondary N) is 1. The first-order chi connectivity index (χ1) is 21.0. The van der Waals surface area contributed by atoms with Crippen LogP contribution in [0.15, 0.2) is 108 Å². The Morgan fingerprint density at radius 1 is 0.818 bits per heavy atom.